The van der Waals surface area contributed by atoms with Crippen LogP contribution < -0.4 is 5.32 Å². The third-order valence-electron chi connectivity index (χ3n) is 4.28. The third-order valence-corrected chi connectivity index (χ3v) is 5.21. The van der Waals surface area contributed by atoms with Crippen LogP contribution in [0.1, 0.15) is 21.3 Å². The Morgan fingerprint density at radius 2 is 2.14 bits per heavy atom. The first kappa shape index (κ1) is 18.4. The molecule has 4 rings (SSSR count). The van der Waals surface area contributed by atoms with Gasteiger partial charge in [0.05, 0.1) is 17.6 Å². The monoisotopic (exact) mass is 412 g/mol. The van der Waals surface area contributed by atoms with Crippen LogP contribution in [0.2, 0.25) is 0 Å². The van der Waals surface area contributed by atoms with Gasteiger partial charge in [-0.2, -0.15) is 4.68 Å². The molecule has 146 valence electrons. The minimum atomic E-state index is -0.804. The summed E-state index contributed by atoms with van der Waals surface area (Å²) in [6.07, 6.45) is 0. The second kappa shape index (κ2) is 7.24. The number of carbonyl (C=O) groups is 2. The number of fused-ring (bicyclic) bond motifs is 1. The molecule has 12 heteroatoms. The summed E-state index contributed by atoms with van der Waals surface area (Å²) in [5, 5.41) is 27.1. The molecular weight excluding hydrogens is 400 g/mol. The van der Waals surface area contributed by atoms with Gasteiger partial charge in [0.1, 0.15) is 11.7 Å². The van der Waals surface area contributed by atoms with Crippen LogP contribution in [-0.2, 0) is 9.53 Å². The van der Waals surface area contributed by atoms with E-state index in [2.05, 4.69) is 20.8 Å². The van der Waals surface area contributed by atoms with E-state index in [4.69, 9.17) is 4.74 Å². The molecule has 0 saturated heterocycles. The normalized spacial score (nSPS) is 15.4. The van der Waals surface area contributed by atoms with Gasteiger partial charge in [-0.15, -0.1) is 11.3 Å². The molecular formula is C17H12N6O5S. The smallest absolute Gasteiger partial charge is 0.355 e. The molecule has 3 heterocycles. The first-order valence-electron chi connectivity index (χ1n) is 8.21. The molecule has 0 unspecified atom stereocenters. The minimum Gasteiger partial charge on any atom is -0.464 e. The number of ketones is 1. The number of carbonyl (C=O) groups excluding carboxylic acids is 2. The summed E-state index contributed by atoms with van der Waals surface area (Å²) in [5.74, 6) is -1.20. The van der Waals surface area contributed by atoms with Gasteiger partial charge in [0, 0.05) is 22.6 Å². The lowest BCUT2D eigenvalue weighted by atomic mass is 9.92. The van der Waals surface area contributed by atoms with Crippen molar-refractivity contribution in [3.8, 4) is 0 Å². The molecule has 3 aromatic rings. The first-order valence-corrected chi connectivity index (χ1v) is 9.09. The largest absolute Gasteiger partial charge is 0.464 e. The Hall–Kier alpha value is -3.93. The topological polar surface area (TPSA) is 142 Å². The fourth-order valence-electron chi connectivity index (χ4n) is 3.01. The number of tetrazole rings is 1. The highest BCUT2D eigenvalue weighted by Gasteiger charge is 2.39. The highest BCUT2D eigenvalue weighted by atomic mass is 32.1. The number of rotatable bonds is 5. The molecule has 0 amide bonds. The maximum absolute atomic E-state index is 13.4. The lowest BCUT2D eigenvalue weighted by molar-refractivity contribution is -0.384. The van der Waals surface area contributed by atoms with Gasteiger partial charge in [-0.25, -0.2) is 4.79 Å². The highest BCUT2D eigenvalue weighted by Crippen LogP contribution is 2.38. The van der Waals surface area contributed by atoms with Crippen LogP contribution in [0.3, 0.4) is 0 Å². The van der Waals surface area contributed by atoms with Crippen molar-refractivity contribution in [1.29, 1.82) is 0 Å². The molecule has 1 aliphatic rings. The number of nitrogens with zero attached hydrogens (tertiary/aromatic N) is 5. The Morgan fingerprint density at radius 1 is 1.31 bits per heavy atom. The number of ether oxygens (including phenoxy) is 1. The van der Waals surface area contributed by atoms with E-state index in [1.807, 2.05) is 5.38 Å². The van der Waals surface area contributed by atoms with Gasteiger partial charge in [0.2, 0.25) is 5.95 Å². The van der Waals surface area contributed by atoms with E-state index in [1.165, 1.54) is 41.3 Å². The van der Waals surface area contributed by atoms with Crippen LogP contribution in [0, 0.1) is 10.1 Å². The van der Waals surface area contributed by atoms with Crippen molar-refractivity contribution in [3.05, 3.63) is 73.6 Å². The zero-order valence-electron chi connectivity index (χ0n) is 14.8. The van der Waals surface area contributed by atoms with Gasteiger partial charge in [-0.05, 0) is 21.9 Å². The van der Waals surface area contributed by atoms with E-state index in [1.54, 1.807) is 12.1 Å². The number of Topliss-reactive ketones (excluding diaryl/α,β-unsaturated/α-hetero) is 1. The van der Waals surface area contributed by atoms with Crippen molar-refractivity contribution in [2.24, 2.45) is 0 Å². The Kier molecular flexibility index (Phi) is 4.60. The first-order chi connectivity index (χ1) is 14.0. The SMILES string of the molecule is COC(=O)C1=C(C(=O)c2cccc([N+](=O)[O-])c2)[C@H](c2cccs2)n2nnnc2N1. The number of non-ortho nitro benzene ring substituents is 1. The maximum atomic E-state index is 13.4. The predicted molar refractivity (Wildman–Crippen MR) is 100 cm³/mol. The van der Waals surface area contributed by atoms with Gasteiger partial charge in [-0.1, -0.05) is 23.3 Å². The quantitative estimate of drug-likeness (QED) is 0.288. The van der Waals surface area contributed by atoms with Gasteiger partial charge >= 0.3 is 5.97 Å². The second-order valence-corrected chi connectivity index (χ2v) is 6.89. The molecule has 0 spiro atoms. The van der Waals surface area contributed by atoms with Crippen LogP contribution in [-0.4, -0.2) is 44.0 Å². The molecule has 0 fully saturated rings. The molecule has 0 bridgehead atoms. The number of benzene rings is 1. The van der Waals surface area contributed by atoms with E-state index in [0.717, 1.165) is 6.07 Å². The molecule has 29 heavy (non-hydrogen) atoms. The number of esters is 1. The molecule has 2 aromatic heterocycles. The Labute approximate surface area is 166 Å². The van der Waals surface area contributed by atoms with Crippen molar-refractivity contribution in [2.75, 3.05) is 12.4 Å². The molecule has 0 aliphatic carbocycles. The summed E-state index contributed by atoms with van der Waals surface area (Å²) in [6, 6.07) is 8.05. The van der Waals surface area contributed by atoms with E-state index in [0.29, 0.717) is 4.88 Å². The Bertz CT molecular complexity index is 1150. The standard InChI is InChI=1S/C17H12N6O5S/c1-28-16(25)13-12(15(24)9-4-2-5-10(8-9)23(26)27)14(11-6-3-7-29-11)22-17(18-13)19-20-21-22/h2-8,14H,1H3,(H,18,19,21)/t14-/m0/s1. The number of nitro benzene ring substituents is 1. The zero-order chi connectivity index (χ0) is 20.5. The van der Waals surface area contributed by atoms with E-state index >= 15 is 0 Å². The molecule has 1 aliphatic heterocycles. The zero-order valence-corrected chi connectivity index (χ0v) is 15.6. The summed E-state index contributed by atoms with van der Waals surface area (Å²) >= 11 is 1.35. The van der Waals surface area contributed by atoms with Gasteiger partial charge in [0.15, 0.2) is 5.78 Å². The van der Waals surface area contributed by atoms with Crippen molar-refractivity contribution in [2.45, 2.75) is 6.04 Å². The second-order valence-electron chi connectivity index (χ2n) is 5.91. The van der Waals surface area contributed by atoms with Gasteiger partial charge in [-0.3, -0.25) is 14.9 Å². The van der Waals surface area contributed by atoms with E-state index in [-0.39, 0.29) is 28.5 Å². The fraction of sp³-hybridized carbons (Fsp3) is 0.118. The maximum Gasteiger partial charge on any atom is 0.355 e. The molecule has 11 nitrogen and oxygen atoms in total. The molecule has 0 radical (unpaired) electrons. The summed E-state index contributed by atoms with van der Waals surface area (Å²) in [7, 11) is 1.18. The summed E-state index contributed by atoms with van der Waals surface area (Å²) in [5.41, 5.74) is -0.282. The number of methoxy groups -OCH3 is 1. The molecule has 1 atom stereocenters. The summed E-state index contributed by atoms with van der Waals surface area (Å²) in [4.78, 5) is 37.1. The predicted octanol–water partition coefficient (Wildman–Crippen LogP) is 1.97. The van der Waals surface area contributed by atoms with Crippen LogP contribution in [0.5, 0.6) is 0 Å². The van der Waals surface area contributed by atoms with Crippen LogP contribution in [0.4, 0.5) is 11.6 Å². The average Bonchev–Trinajstić information content (AvgIpc) is 3.43. The third kappa shape index (κ3) is 3.14. The highest BCUT2D eigenvalue weighted by molar-refractivity contribution is 7.10. The minimum absolute atomic E-state index is 0.0274. The lowest BCUT2D eigenvalue weighted by Crippen LogP contribution is -2.32. The van der Waals surface area contributed by atoms with Crippen molar-refractivity contribution < 1.29 is 19.2 Å². The molecule has 1 aromatic carbocycles. The number of allylic oxidation sites excluding steroid dienone is 1. The fourth-order valence-corrected chi connectivity index (χ4v) is 3.83. The Balaban J connectivity index is 1.93. The summed E-state index contributed by atoms with van der Waals surface area (Å²) < 4.78 is 6.21. The van der Waals surface area contributed by atoms with Crippen LogP contribution >= 0.6 is 11.3 Å². The number of nitrogens with one attached hydrogen (secondary N) is 1. The lowest BCUT2D eigenvalue weighted by Gasteiger charge is -2.27. The molecule has 0 saturated carbocycles. The van der Waals surface area contributed by atoms with Crippen molar-refractivity contribution in [1.82, 2.24) is 20.2 Å². The van der Waals surface area contributed by atoms with Gasteiger partial charge < -0.3 is 10.1 Å². The van der Waals surface area contributed by atoms with Crippen LogP contribution in [0.25, 0.3) is 0 Å². The van der Waals surface area contributed by atoms with Gasteiger partial charge in [0.25, 0.3) is 5.69 Å². The van der Waals surface area contributed by atoms with E-state index in [9.17, 15) is 19.7 Å². The van der Waals surface area contributed by atoms with Crippen molar-refractivity contribution >= 4 is 34.7 Å². The Morgan fingerprint density at radius 3 is 2.83 bits per heavy atom. The average molecular weight is 412 g/mol. The number of thiophene rings is 1. The number of hydrogen-bond donors (Lipinski definition) is 1. The van der Waals surface area contributed by atoms with Crippen molar-refractivity contribution in [3.63, 3.8) is 0 Å². The number of nitro groups is 1. The van der Waals surface area contributed by atoms with Crippen LogP contribution in [0.15, 0.2) is 53.0 Å². The molecule has 1 N–H and O–H groups in total. The summed E-state index contributed by atoms with van der Waals surface area (Å²) in [6.45, 7) is 0. The number of aromatic nitrogens is 4. The number of hydrogen-bond acceptors (Lipinski definition) is 10. The van der Waals surface area contributed by atoms with E-state index < -0.39 is 22.7 Å². The number of anilines is 1.